The molecule has 0 aliphatic carbocycles. The summed E-state index contributed by atoms with van der Waals surface area (Å²) in [5.74, 6) is 0.187. The van der Waals surface area contributed by atoms with Crippen LogP contribution in [0.25, 0.3) is 0 Å². The van der Waals surface area contributed by atoms with Crippen molar-refractivity contribution in [2.75, 3.05) is 13.1 Å². The Balaban J connectivity index is 1.98. The average Bonchev–Trinajstić information content (AvgIpc) is 2.82. The minimum absolute atomic E-state index is 0.0686. The van der Waals surface area contributed by atoms with Crippen LogP contribution in [0.4, 0.5) is 0 Å². The molecule has 1 aliphatic rings. The first kappa shape index (κ1) is 14.5. The van der Waals surface area contributed by atoms with Crippen molar-refractivity contribution >= 4 is 11.8 Å². The lowest BCUT2D eigenvalue weighted by atomic mass is 10.0. The highest BCUT2D eigenvalue weighted by atomic mass is 16.2. The van der Waals surface area contributed by atoms with E-state index in [1.807, 2.05) is 32.0 Å². The maximum Gasteiger partial charge on any atom is 0.240 e. The molecule has 20 heavy (non-hydrogen) atoms. The van der Waals surface area contributed by atoms with E-state index >= 15 is 0 Å². The number of aromatic nitrogens is 1. The van der Waals surface area contributed by atoms with Crippen LogP contribution >= 0.6 is 0 Å². The number of carbonyl (C=O) groups is 2. The predicted octanol–water partition coefficient (Wildman–Crippen LogP) is 1.52. The van der Waals surface area contributed by atoms with Gasteiger partial charge in [0.05, 0.1) is 18.3 Å². The van der Waals surface area contributed by atoms with Gasteiger partial charge in [-0.3, -0.25) is 14.6 Å². The van der Waals surface area contributed by atoms with Gasteiger partial charge in [0.2, 0.25) is 11.8 Å². The zero-order valence-electron chi connectivity index (χ0n) is 12.0. The molecule has 0 saturated carbocycles. The van der Waals surface area contributed by atoms with Crippen LogP contribution in [0.1, 0.15) is 38.4 Å². The fourth-order valence-electron chi connectivity index (χ4n) is 2.41. The highest BCUT2D eigenvalue weighted by Gasteiger charge is 2.25. The molecule has 2 rings (SSSR count). The van der Waals surface area contributed by atoms with E-state index in [4.69, 9.17) is 0 Å². The molecule has 0 radical (unpaired) electrons. The Morgan fingerprint density at radius 2 is 2.25 bits per heavy atom. The Kier molecular flexibility index (Phi) is 4.71. The van der Waals surface area contributed by atoms with Crippen LogP contribution in [0.3, 0.4) is 0 Å². The molecule has 0 unspecified atom stereocenters. The number of nitrogens with zero attached hydrogens (tertiary/aromatic N) is 2. The van der Waals surface area contributed by atoms with Crippen LogP contribution in [0.2, 0.25) is 0 Å². The van der Waals surface area contributed by atoms with Gasteiger partial charge in [-0.15, -0.1) is 0 Å². The summed E-state index contributed by atoms with van der Waals surface area (Å²) in [4.78, 5) is 29.6. The standard InChI is InChI=1S/C15H21N3O2/c1-11(2)15(12-6-3-4-8-16-12)17-13(19)10-18-9-5-7-14(18)20/h3-4,6,8,11,15H,5,7,9-10H2,1-2H3,(H,17,19)/t15-/m0/s1. The second-order valence-corrected chi connectivity index (χ2v) is 5.46. The van der Waals surface area contributed by atoms with Gasteiger partial charge in [-0.25, -0.2) is 0 Å². The van der Waals surface area contributed by atoms with Crippen LogP contribution in [0, 0.1) is 5.92 Å². The van der Waals surface area contributed by atoms with E-state index < -0.39 is 0 Å². The third-order valence-corrected chi connectivity index (χ3v) is 3.50. The molecule has 1 N–H and O–H groups in total. The number of hydrogen-bond donors (Lipinski definition) is 1. The van der Waals surface area contributed by atoms with Crippen LogP contribution in [0.15, 0.2) is 24.4 Å². The highest BCUT2D eigenvalue weighted by Crippen LogP contribution is 2.19. The Morgan fingerprint density at radius 3 is 2.80 bits per heavy atom. The monoisotopic (exact) mass is 275 g/mol. The first-order valence-corrected chi connectivity index (χ1v) is 7.06. The molecule has 0 bridgehead atoms. The second kappa shape index (κ2) is 6.50. The predicted molar refractivity (Wildman–Crippen MR) is 75.8 cm³/mol. The SMILES string of the molecule is CC(C)[C@H](NC(=O)CN1CCCC1=O)c1ccccn1. The number of carbonyl (C=O) groups excluding carboxylic acids is 2. The molecule has 0 aromatic carbocycles. The minimum atomic E-state index is -0.124. The van der Waals surface area contributed by atoms with Crippen LogP contribution in [-0.4, -0.2) is 34.8 Å². The van der Waals surface area contributed by atoms with Gasteiger partial charge < -0.3 is 10.2 Å². The lowest BCUT2D eigenvalue weighted by Gasteiger charge is -2.23. The molecule has 1 aromatic heterocycles. The summed E-state index contributed by atoms with van der Waals surface area (Å²) in [6, 6.07) is 5.55. The molecule has 5 heteroatoms. The first-order valence-electron chi connectivity index (χ1n) is 7.06. The van der Waals surface area contributed by atoms with E-state index in [0.29, 0.717) is 13.0 Å². The molecule has 108 valence electrons. The maximum atomic E-state index is 12.1. The second-order valence-electron chi connectivity index (χ2n) is 5.46. The Bertz CT molecular complexity index is 473. The Hall–Kier alpha value is -1.91. The van der Waals surface area contributed by atoms with Crippen molar-refractivity contribution in [3.05, 3.63) is 30.1 Å². The van der Waals surface area contributed by atoms with Gasteiger partial charge >= 0.3 is 0 Å². The Morgan fingerprint density at radius 1 is 1.45 bits per heavy atom. The van der Waals surface area contributed by atoms with Crippen molar-refractivity contribution in [2.24, 2.45) is 5.92 Å². The lowest BCUT2D eigenvalue weighted by Crippen LogP contribution is -2.40. The zero-order valence-corrected chi connectivity index (χ0v) is 12.0. The zero-order chi connectivity index (χ0) is 14.5. The largest absolute Gasteiger partial charge is 0.346 e. The smallest absolute Gasteiger partial charge is 0.240 e. The summed E-state index contributed by atoms with van der Waals surface area (Å²) in [5, 5.41) is 2.98. The highest BCUT2D eigenvalue weighted by molar-refractivity contribution is 5.86. The molecule has 1 atom stereocenters. The number of rotatable bonds is 5. The molecule has 1 fully saturated rings. The molecule has 1 aromatic rings. The summed E-state index contributed by atoms with van der Waals surface area (Å²) >= 11 is 0. The van der Waals surface area contributed by atoms with Crippen molar-refractivity contribution in [2.45, 2.75) is 32.7 Å². The summed E-state index contributed by atoms with van der Waals surface area (Å²) in [6.45, 7) is 4.92. The molecular weight excluding hydrogens is 254 g/mol. The van der Waals surface area contributed by atoms with E-state index in [2.05, 4.69) is 10.3 Å². The number of pyridine rings is 1. The van der Waals surface area contributed by atoms with E-state index in [9.17, 15) is 9.59 Å². The molecule has 5 nitrogen and oxygen atoms in total. The van der Waals surface area contributed by atoms with Crippen molar-refractivity contribution in [3.63, 3.8) is 0 Å². The average molecular weight is 275 g/mol. The van der Waals surface area contributed by atoms with Crippen LogP contribution in [0.5, 0.6) is 0 Å². The van der Waals surface area contributed by atoms with Gasteiger partial charge in [0, 0.05) is 19.2 Å². The fourth-order valence-corrected chi connectivity index (χ4v) is 2.41. The molecule has 0 spiro atoms. The lowest BCUT2D eigenvalue weighted by molar-refractivity contribution is -0.133. The normalized spacial score (nSPS) is 16.6. The van der Waals surface area contributed by atoms with Gasteiger partial charge in [0.1, 0.15) is 0 Å². The number of likely N-dealkylation sites (tertiary alicyclic amines) is 1. The summed E-state index contributed by atoms with van der Waals surface area (Å²) in [6.07, 6.45) is 3.13. The van der Waals surface area contributed by atoms with Crippen LogP contribution < -0.4 is 5.32 Å². The minimum Gasteiger partial charge on any atom is -0.346 e. The number of amides is 2. The van der Waals surface area contributed by atoms with Gasteiger partial charge in [-0.1, -0.05) is 19.9 Å². The van der Waals surface area contributed by atoms with E-state index in [0.717, 1.165) is 12.1 Å². The van der Waals surface area contributed by atoms with Gasteiger partial charge in [-0.2, -0.15) is 0 Å². The van der Waals surface area contributed by atoms with Crippen LogP contribution in [-0.2, 0) is 9.59 Å². The van der Waals surface area contributed by atoms with Crippen molar-refractivity contribution in [1.29, 1.82) is 0 Å². The number of hydrogen-bond acceptors (Lipinski definition) is 3. The van der Waals surface area contributed by atoms with Crippen molar-refractivity contribution < 1.29 is 9.59 Å². The third kappa shape index (κ3) is 3.56. The Labute approximate surface area is 119 Å². The summed E-state index contributed by atoms with van der Waals surface area (Å²) < 4.78 is 0. The first-order chi connectivity index (χ1) is 9.58. The van der Waals surface area contributed by atoms with Gasteiger partial charge in [-0.05, 0) is 24.5 Å². The van der Waals surface area contributed by atoms with Gasteiger partial charge in [0.25, 0.3) is 0 Å². The molecule has 2 amide bonds. The molecule has 1 saturated heterocycles. The van der Waals surface area contributed by atoms with Gasteiger partial charge in [0.15, 0.2) is 0 Å². The molecular formula is C15H21N3O2. The van der Waals surface area contributed by atoms with Crippen molar-refractivity contribution in [1.82, 2.24) is 15.2 Å². The summed E-state index contributed by atoms with van der Waals surface area (Å²) in [5.41, 5.74) is 0.851. The molecule has 1 aliphatic heterocycles. The maximum absolute atomic E-state index is 12.1. The van der Waals surface area contributed by atoms with E-state index in [1.54, 1.807) is 11.1 Å². The van der Waals surface area contributed by atoms with Crippen molar-refractivity contribution in [3.8, 4) is 0 Å². The third-order valence-electron chi connectivity index (χ3n) is 3.50. The quantitative estimate of drug-likeness (QED) is 0.886. The summed E-state index contributed by atoms with van der Waals surface area (Å²) in [7, 11) is 0. The van der Waals surface area contributed by atoms with E-state index in [-0.39, 0.29) is 30.3 Å². The van der Waals surface area contributed by atoms with E-state index in [1.165, 1.54) is 0 Å². The fraction of sp³-hybridized carbons (Fsp3) is 0.533. The topological polar surface area (TPSA) is 62.3 Å². The number of nitrogens with one attached hydrogen (secondary N) is 1. The molecule has 2 heterocycles.